The first kappa shape index (κ1) is 19.9. The topological polar surface area (TPSA) is 71.0 Å². The van der Waals surface area contributed by atoms with Crippen LogP contribution in [0, 0.1) is 0 Å². The Hall–Kier alpha value is -2.80. The Morgan fingerprint density at radius 2 is 1.89 bits per heavy atom. The molecule has 7 heteroatoms. The summed E-state index contributed by atoms with van der Waals surface area (Å²) >= 11 is 1.27. The van der Waals surface area contributed by atoms with Crippen molar-refractivity contribution in [3.8, 4) is 5.75 Å². The molecule has 3 rings (SSSR count). The van der Waals surface area contributed by atoms with Gasteiger partial charge in [0.1, 0.15) is 11.0 Å². The largest absolute Gasteiger partial charge is 0.495 e. The highest BCUT2D eigenvalue weighted by Crippen LogP contribution is 2.29. The molecule has 0 bridgehead atoms. The molecule has 0 saturated carbocycles. The first-order chi connectivity index (χ1) is 13.6. The zero-order valence-electron chi connectivity index (χ0n) is 15.9. The molecule has 0 radical (unpaired) electrons. The van der Waals surface area contributed by atoms with Crippen molar-refractivity contribution in [1.82, 2.24) is 4.90 Å². The Balaban J connectivity index is 1.62. The number of hydrogen-bond acceptors (Lipinski definition) is 5. The van der Waals surface area contributed by atoms with Gasteiger partial charge < -0.3 is 10.1 Å². The van der Waals surface area contributed by atoms with Gasteiger partial charge in [-0.05, 0) is 24.1 Å². The second-order valence-corrected chi connectivity index (χ2v) is 7.48. The number of amidine groups is 1. The van der Waals surface area contributed by atoms with Gasteiger partial charge in [0.05, 0.1) is 12.8 Å². The third-order valence-electron chi connectivity index (χ3n) is 4.48. The number of rotatable bonds is 6. The number of hydrogen-bond donors (Lipinski definition) is 1. The van der Waals surface area contributed by atoms with Crippen molar-refractivity contribution in [2.24, 2.45) is 4.99 Å². The quantitative estimate of drug-likeness (QED) is 0.460. The Morgan fingerprint density at radius 3 is 2.61 bits per heavy atom. The lowest BCUT2D eigenvalue weighted by Gasteiger charge is -2.16. The number of carbonyl (C=O) groups excluding carboxylic acids is 2. The van der Waals surface area contributed by atoms with Crippen molar-refractivity contribution >= 4 is 34.4 Å². The van der Waals surface area contributed by atoms with Crippen LogP contribution in [0.4, 0.5) is 5.69 Å². The van der Waals surface area contributed by atoms with Gasteiger partial charge in [-0.1, -0.05) is 54.2 Å². The molecule has 1 heterocycles. The number of amides is 2. The Morgan fingerprint density at radius 1 is 1.18 bits per heavy atom. The van der Waals surface area contributed by atoms with Crippen molar-refractivity contribution < 1.29 is 14.3 Å². The van der Waals surface area contributed by atoms with Gasteiger partial charge in [-0.2, -0.15) is 0 Å². The molecule has 6 nitrogen and oxygen atoms in total. The lowest BCUT2D eigenvalue weighted by Crippen LogP contribution is -2.33. The minimum absolute atomic E-state index is 0.133. The minimum atomic E-state index is -0.468. The van der Waals surface area contributed by atoms with Gasteiger partial charge in [0.25, 0.3) is 0 Å². The number of likely N-dealkylation sites (tertiary alicyclic amines) is 1. The highest BCUT2D eigenvalue weighted by molar-refractivity contribution is 8.15. The summed E-state index contributed by atoms with van der Waals surface area (Å²) in [6, 6.07) is 17.3. The number of benzene rings is 2. The van der Waals surface area contributed by atoms with Gasteiger partial charge in [-0.25, -0.2) is 0 Å². The predicted molar refractivity (Wildman–Crippen MR) is 113 cm³/mol. The molecule has 1 aliphatic heterocycles. The number of thioether (sulfide) groups is 1. The van der Waals surface area contributed by atoms with E-state index in [4.69, 9.17) is 4.74 Å². The molecule has 1 aliphatic rings. The number of para-hydroxylation sites is 2. The van der Waals surface area contributed by atoms with Crippen LogP contribution in [0.3, 0.4) is 0 Å². The number of nitrogens with one attached hydrogen (secondary N) is 1. The zero-order valence-corrected chi connectivity index (χ0v) is 16.7. The summed E-state index contributed by atoms with van der Waals surface area (Å²) in [7, 11) is 3.25. The summed E-state index contributed by atoms with van der Waals surface area (Å²) in [5.41, 5.74) is 1.86. The number of methoxy groups -OCH3 is 1. The van der Waals surface area contributed by atoms with Crippen LogP contribution in [0.2, 0.25) is 0 Å². The van der Waals surface area contributed by atoms with E-state index in [2.05, 4.69) is 10.3 Å². The second-order valence-electron chi connectivity index (χ2n) is 6.28. The predicted octanol–water partition coefficient (Wildman–Crippen LogP) is 3.20. The van der Waals surface area contributed by atoms with Crippen LogP contribution >= 0.6 is 11.8 Å². The first-order valence-corrected chi connectivity index (χ1v) is 9.92. The molecule has 2 aromatic carbocycles. The number of imide groups is 1. The lowest BCUT2D eigenvalue weighted by atomic mass is 10.1. The molecule has 2 aromatic rings. The highest BCUT2D eigenvalue weighted by atomic mass is 32.2. The van der Waals surface area contributed by atoms with Crippen LogP contribution in [0.15, 0.2) is 59.6 Å². The molecule has 1 atom stereocenters. The Labute approximate surface area is 169 Å². The summed E-state index contributed by atoms with van der Waals surface area (Å²) < 4.78 is 5.33. The maximum atomic E-state index is 12.7. The fourth-order valence-corrected chi connectivity index (χ4v) is 4.00. The zero-order chi connectivity index (χ0) is 19.9. The molecular weight excluding hydrogens is 374 g/mol. The summed E-state index contributed by atoms with van der Waals surface area (Å²) in [5, 5.41) is 3.29. The average molecular weight is 398 g/mol. The van der Waals surface area contributed by atoms with Crippen molar-refractivity contribution in [1.29, 1.82) is 0 Å². The Bertz CT molecular complexity index is 870. The lowest BCUT2D eigenvalue weighted by molar-refractivity contribution is -0.138. The minimum Gasteiger partial charge on any atom is -0.495 e. The van der Waals surface area contributed by atoms with E-state index in [0.717, 1.165) is 11.3 Å². The number of aliphatic imine (C=N–C) groups is 1. The number of anilines is 1. The molecule has 146 valence electrons. The monoisotopic (exact) mass is 397 g/mol. The van der Waals surface area contributed by atoms with E-state index in [0.29, 0.717) is 23.9 Å². The molecule has 1 fully saturated rings. The molecule has 0 spiro atoms. The van der Waals surface area contributed by atoms with E-state index in [1.807, 2.05) is 54.6 Å². The highest BCUT2D eigenvalue weighted by Gasteiger charge is 2.39. The molecule has 0 unspecified atom stereocenters. The van der Waals surface area contributed by atoms with Crippen LogP contribution in [-0.4, -0.2) is 47.8 Å². The molecule has 2 amide bonds. The maximum Gasteiger partial charge on any atom is 0.243 e. The fourth-order valence-electron chi connectivity index (χ4n) is 3.00. The van der Waals surface area contributed by atoms with Crippen LogP contribution in [0.1, 0.15) is 12.0 Å². The van der Waals surface area contributed by atoms with E-state index in [9.17, 15) is 9.59 Å². The SMILES string of the molecule is CN=C(Nc1ccccc1OC)S[C@@H]1CC(=O)N(CCc2ccccc2)C1=O. The normalized spacial score (nSPS) is 17.1. The van der Waals surface area contributed by atoms with Crippen molar-refractivity contribution in [3.05, 3.63) is 60.2 Å². The van der Waals surface area contributed by atoms with Gasteiger partial charge in [0.15, 0.2) is 5.17 Å². The Kier molecular flexibility index (Phi) is 6.71. The fraction of sp³-hybridized carbons (Fsp3) is 0.286. The molecule has 0 aliphatic carbocycles. The first-order valence-electron chi connectivity index (χ1n) is 9.04. The van der Waals surface area contributed by atoms with Gasteiger partial charge >= 0.3 is 0 Å². The van der Waals surface area contributed by atoms with E-state index in [1.54, 1.807) is 14.2 Å². The van der Waals surface area contributed by atoms with E-state index in [1.165, 1.54) is 16.7 Å². The standard InChI is InChI=1S/C21H23N3O3S/c1-22-21(23-16-10-6-7-11-17(16)27-2)28-18-14-19(25)24(20(18)26)13-12-15-8-4-3-5-9-15/h3-11,18H,12-14H2,1-2H3,(H,22,23)/t18-/m1/s1. The molecule has 1 saturated heterocycles. The van der Waals surface area contributed by atoms with Gasteiger partial charge in [-0.15, -0.1) is 0 Å². The van der Waals surface area contributed by atoms with Gasteiger partial charge in [0.2, 0.25) is 11.8 Å². The molecule has 0 aromatic heterocycles. The maximum absolute atomic E-state index is 12.7. The van der Waals surface area contributed by atoms with E-state index >= 15 is 0 Å². The average Bonchev–Trinajstić information content (AvgIpc) is 2.99. The van der Waals surface area contributed by atoms with Crippen molar-refractivity contribution in [2.45, 2.75) is 18.1 Å². The number of nitrogens with zero attached hydrogens (tertiary/aromatic N) is 2. The van der Waals surface area contributed by atoms with Crippen LogP contribution in [-0.2, 0) is 16.0 Å². The molecule has 1 N–H and O–H groups in total. The van der Waals surface area contributed by atoms with Crippen molar-refractivity contribution in [3.63, 3.8) is 0 Å². The molecule has 28 heavy (non-hydrogen) atoms. The number of carbonyl (C=O) groups is 2. The van der Waals surface area contributed by atoms with Crippen LogP contribution in [0.25, 0.3) is 0 Å². The third-order valence-corrected chi connectivity index (χ3v) is 5.64. The van der Waals surface area contributed by atoms with Gasteiger partial charge in [-0.3, -0.25) is 19.5 Å². The van der Waals surface area contributed by atoms with Crippen LogP contribution in [0.5, 0.6) is 5.75 Å². The summed E-state index contributed by atoms with van der Waals surface area (Å²) in [5.74, 6) is 0.391. The van der Waals surface area contributed by atoms with E-state index in [-0.39, 0.29) is 18.2 Å². The second kappa shape index (κ2) is 9.41. The van der Waals surface area contributed by atoms with Crippen LogP contribution < -0.4 is 10.1 Å². The van der Waals surface area contributed by atoms with E-state index < -0.39 is 5.25 Å². The summed E-state index contributed by atoms with van der Waals surface area (Å²) in [6.07, 6.45) is 0.842. The third kappa shape index (κ3) is 4.72. The molecular formula is C21H23N3O3S. The summed E-state index contributed by atoms with van der Waals surface area (Å²) in [6.45, 7) is 0.400. The number of ether oxygens (including phenoxy) is 1. The van der Waals surface area contributed by atoms with Crippen molar-refractivity contribution in [2.75, 3.05) is 26.0 Å². The summed E-state index contributed by atoms with van der Waals surface area (Å²) in [4.78, 5) is 30.7. The van der Waals surface area contributed by atoms with Gasteiger partial charge in [0, 0.05) is 20.0 Å². The smallest absolute Gasteiger partial charge is 0.243 e.